The van der Waals surface area contributed by atoms with Crippen LogP contribution < -0.4 is 10.9 Å². The van der Waals surface area contributed by atoms with Crippen LogP contribution in [0.25, 0.3) is 6.08 Å². The second kappa shape index (κ2) is 6.26. The molecule has 0 bridgehead atoms. The number of carbonyl (C=O) groups is 2. The fraction of sp³-hybridized carbons (Fsp3) is 0.0833. The van der Waals surface area contributed by atoms with Crippen LogP contribution in [0.5, 0.6) is 0 Å². The van der Waals surface area contributed by atoms with Crippen molar-refractivity contribution in [3.05, 3.63) is 44.5 Å². The van der Waals surface area contributed by atoms with Gasteiger partial charge in [-0.25, -0.2) is 4.98 Å². The van der Waals surface area contributed by atoms with Crippen molar-refractivity contribution in [2.24, 2.45) is 0 Å². The number of hydrogen-bond donors (Lipinski definition) is 2. The van der Waals surface area contributed by atoms with Gasteiger partial charge in [0.2, 0.25) is 0 Å². The average molecular weight is 293 g/mol. The van der Waals surface area contributed by atoms with E-state index in [0.29, 0.717) is 4.88 Å². The zero-order valence-electron chi connectivity index (χ0n) is 10.0. The molecule has 2 aromatic rings. The molecule has 19 heavy (non-hydrogen) atoms. The third-order valence-electron chi connectivity index (χ3n) is 2.09. The summed E-state index contributed by atoms with van der Waals surface area (Å²) in [6, 6.07) is 3.45. The number of hydrazine groups is 1. The normalized spacial score (nSPS) is 10.6. The molecule has 2 heterocycles. The van der Waals surface area contributed by atoms with E-state index in [2.05, 4.69) is 15.8 Å². The third-order valence-corrected chi connectivity index (χ3v) is 3.75. The highest BCUT2D eigenvalue weighted by atomic mass is 32.1. The Morgan fingerprint density at radius 2 is 2.16 bits per heavy atom. The maximum atomic E-state index is 11.5. The van der Waals surface area contributed by atoms with Crippen LogP contribution in [0.3, 0.4) is 0 Å². The maximum Gasteiger partial charge on any atom is 0.279 e. The molecule has 5 nitrogen and oxygen atoms in total. The van der Waals surface area contributed by atoms with Crippen LogP contribution in [0, 0.1) is 6.92 Å². The molecule has 98 valence electrons. The lowest BCUT2D eigenvalue weighted by Crippen LogP contribution is -2.40. The molecule has 2 aromatic heterocycles. The quantitative estimate of drug-likeness (QED) is 0.671. The molecule has 0 spiro atoms. The Hall–Kier alpha value is -1.99. The molecule has 2 amide bonds. The van der Waals surface area contributed by atoms with Crippen LogP contribution in [0.4, 0.5) is 0 Å². The van der Waals surface area contributed by atoms with Gasteiger partial charge in [0, 0.05) is 11.5 Å². The minimum atomic E-state index is -0.407. The van der Waals surface area contributed by atoms with E-state index in [1.54, 1.807) is 23.6 Å². The van der Waals surface area contributed by atoms with Crippen LogP contribution >= 0.6 is 22.7 Å². The van der Waals surface area contributed by atoms with E-state index in [1.807, 2.05) is 12.3 Å². The van der Waals surface area contributed by atoms with E-state index >= 15 is 0 Å². The predicted molar refractivity (Wildman–Crippen MR) is 75.8 cm³/mol. The molecular weight excluding hydrogens is 282 g/mol. The monoisotopic (exact) mass is 293 g/mol. The summed E-state index contributed by atoms with van der Waals surface area (Å²) in [5, 5.41) is 4.58. The SMILES string of the molecule is Cc1nc(/C=C/C(=O)NNC(=O)c2cccs2)cs1. The first-order valence-corrected chi connectivity index (χ1v) is 7.15. The number of hydrogen-bond acceptors (Lipinski definition) is 5. The summed E-state index contributed by atoms with van der Waals surface area (Å²) in [5.41, 5.74) is 5.36. The summed E-state index contributed by atoms with van der Waals surface area (Å²) in [5.74, 6) is -0.739. The molecule has 0 aromatic carbocycles. The van der Waals surface area contributed by atoms with Gasteiger partial charge in [0.25, 0.3) is 11.8 Å². The Kier molecular flexibility index (Phi) is 4.43. The zero-order chi connectivity index (χ0) is 13.7. The molecule has 0 aliphatic heterocycles. The van der Waals surface area contributed by atoms with Crippen molar-refractivity contribution in [1.29, 1.82) is 0 Å². The van der Waals surface area contributed by atoms with Gasteiger partial charge in [-0.3, -0.25) is 20.4 Å². The van der Waals surface area contributed by atoms with Crippen LogP contribution in [0.1, 0.15) is 20.4 Å². The number of nitrogens with zero attached hydrogens (tertiary/aromatic N) is 1. The van der Waals surface area contributed by atoms with E-state index in [-0.39, 0.29) is 5.91 Å². The van der Waals surface area contributed by atoms with Crippen molar-refractivity contribution >= 4 is 40.6 Å². The van der Waals surface area contributed by atoms with E-state index in [0.717, 1.165) is 10.7 Å². The first kappa shape index (κ1) is 13.4. The molecule has 0 aliphatic rings. The number of thiophene rings is 1. The number of carbonyl (C=O) groups excluding carboxylic acids is 2. The van der Waals surface area contributed by atoms with Gasteiger partial charge in [0.1, 0.15) is 0 Å². The first-order chi connectivity index (χ1) is 9.15. The molecule has 0 aliphatic carbocycles. The van der Waals surface area contributed by atoms with Crippen LogP contribution in [-0.4, -0.2) is 16.8 Å². The summed E-state index contributed by atoms with van der Waals surface area (Å²) in [6.45, 7) is 1.89. The van der Waals surface area contributed by atoms with E-state index in [1.165, 1.54) is 28.7 Å². The van der Waals surface area contributed by atoms with Gasteiger partial charge >= 0.3 is 0 Å². The number of thiazole rings is 1. The lowest BCUT2D eigenvalue weighted by molar-refractivity contribution is -0.117. The fourth-order valence-corrected chi connectivity index (χ4v) is 2.45. The molecule has 2 N–H and O–H groups in total. The number of nitrogens with one attached hydrogen (secondary N) is 2. The Morgan fingerprint density at radius 3 is 2.79 bits per heavy atom. The highest BCUT2D eigenvalue weighted by Crippen LogP contribution is 2.09. The summed E-state index contributed by atoms with van der Waals surface area (Å²) < 4.78 is 0. The molecule has 7 heteroatoms. The number of amides is 2. The van der Waals surface area contributed by atoms with Gasteiger partial charge in [0.05, 0.1) is 15.6 Å². The Morgan fingerprint density at radius 1 is 1.32 bits per heavy atom. The topological polar surface area (TPSA) is 71.1 Å². The van der Waals surface area contributed by atoms with Gasteiger partial charge in [-0.1, -0.05) is 6.07 Å². The summed E-state index contributed by atoms with van der Waals surface area (Å²) in [7, 11) is 0. The van der Waals surface area contributed by atoms with Crippen molar-refractivity contribution in [3.8, 4) is 0 Å². The molecule has 0 unspecified atom stereocenters. The van der Waals surface area contributed by atoms with Crippen molar-refractivity contribution in [3.63, 3.8) is 0 Å². The van der Waals surface area contributed by atoms with Gasteiger partial charge < -0.3 is 0 Å². The molecular formula is C12H11N3O2S2. The molecule has 0 saturated carbocycles. The molecule has 0 fully saturated rings. The number of rotatable bonds is 3. The molecule has 0 atom stereocenters. The highest BCUT2D eigenvalue weighted by Gasteiger charge is 2.06. The minimum absolute atomic E-state index is 0.332. The Labute approximate surface area is 118 Å². The van der Waals surface area contributed by atoms with Crippen LogP contribution in [-0.2, 0) is 4.79 Å². The average Bonchev–Trinajstić information content (AvgIpc) is 3.04. The first-order valence-electron chi connectivity index (χ1n) is 5.39. The van der Waals surface area contributed by atoms with Gasteiger partial charge in [-0.05, 0) is 24.4 Å². The summed E-state index contributed by atoms with van der Waals surface area (Å²) >= 11 is 2.82. The van der Waals surface area contributed by atoms with E-state index < -0.39 is 5.91 Å². The molecule has 0 saturated heterocycles. The van der Waals surface area contributed by atoms with Crippen LogP contribution in [0.2, 0.25) is 0 Å². The molecule has 0 radical (unpaired) electrons. The van der Waals surface area contributed by atoms with Crippen molar-refractivity contribution < 1.29 is 9.59 Å². The largest absolute Gasteiger partial charge is 0.279 e. The second-order valence-electron chi connectivity index (χ2n) is 3.55. The standard InChI is InChI=1S/C12H11N3O2S2/c1-8-13-9(7-19-8)4-5-11(16)14-15-12(17)10-3-2-6-18-10/h2-7H,1H3,(H,14,16)(H,15,17)/b5-4+. The number of aromatic nitrogens is 1. The summed E-state index contributed by atoms with van der Waals surface area (Å²) in [6.07, 6.45) is 2.92. The highest BCUT2D eigenvalue weighted by molar-refractivity contribution is 7.12. The third kappa shape index (κ3) is 4.01. The zero-order valence-corrected chi connectivity index (χ0v) is 11.7. The lowest BCUT2D eigenvalue weighted by Gasteiger charge is -2.02. The van der Waals surface area contributed by atoms with Crippen LogP contribution in [0.15, 0.2) is 29.0 Å². The van der Waals surface area contributed by atoms with E-state index in [4.69, 9.17) is 0 Å². The van der Waals surface area contributed by atoms with E-state index in [9.17, 15) is 9.59 Å². The lowest BCUT2D eigenvalue weighted by atomic mass is 10.4. The van der Waals surface area contributed by atoms with Crippen molar-refractivity contribution in [1.82, 2.24) is 15.8 Å². The smallest absolute Gasteiger partial charge is 0.268 e. The maximum absolute atomic E-state index is 11.5. The minimum Gasteiger partial charge on any atom is -0.268 e. The Balaban J connectivity index is 1.82. The molecule has 2 rings (SSSR count). The predicted octanol–water partition coefficient (Wildman–Crippen LogP) is 1.99. The van der Waals surface area contributed by atoms with Gasteiger partial charge in [-0.15, -0.1) is 22.7 Å². The fourth-order valence-electron chi connectivity index (χ4n) is 1.25. The van der Waals surface area contributed by atoms with Gasteiger partial charge in [0.15, 0.2) is 0 Å². The van der Waals surface area contributed by atoms with Gasteiger partial charge in [-0.2, -0.15) is 0 Å². The number of aryl methyl sites for hydroxylation is 1. The Bertz CT molecular complexity index is 602. The van der Waals surface area contributed by atoms with Crippen molar-refractivity contribution in [2.45, 2.75) is 6.92 Å². The second-order valence-corrected chi connectivity index (χ2v) is 5.56. The van der Waals surface area contributed by atoms with Crippen molar-refractivity contribution in [2.75, 3.05) is 0 Å². The summed E-state index contributed by atoms with van der Waals surface area (Å²) in [4.78, 5) is 27.7.